The zero-order chi connectivity index (χ0) is 27.1. The molecule has 0 aromatic carbocycles. The summed E-state index contributed by atoms with van der Waals surface area (Å²) < 4.78 is 19.6. The summed E-state index contributed by atoms with van der Waals surface area (Å²) in [4.78, 5) is 74.5. The van der Waals surface area contributed by atoms with Gasteiger partial charge in [0.2, 0.25) is 11.6 Å². The molecule has 10 nitrogen and oxygen atoms in total. The Hall–Kier alpha value is -1.90. The average Bonchev–Trinajstić information content (AvgIpc) is 2.82. The number of ether oxygens (including phenoxy) is 4. The van der Waals surface area contributed by atoms with E-state index in [0.717, 1.165) is 47.0 Å². The maximum atomic E-state index is 13.5. The fourth-order valence-corrected chi connectivity index (χ4v) is 6.52. The lowest BCUT2D eigenvalue weighted by Gasteiger charge is -2.22. The summed E-state index contributed by atoms with van der Waals surface area (Å²) in [7, 11) is 0. The Labute approximate surface area is 226 Å². The topological polar surface area (TPSA) is 139 Å². The lowest BCUT2D eigenvalue weighted by molar-refractivity contribution is -0.140. The van der Waals surface area contributed by atoms with Gasteiger partial charge in [-0.15, -0.1) is 47.0 Å². The van der Waals surface area contributed by atoms with Crippen molar-refractivity contribution < 1.29 is 47.7 Å². The zero-order valence-electron chi connectivity index (χ0n) is 20.4. The fourth-order valence-electron chi connectivity index (χ4n) is 2.48. The van der Waals surface area contributed by atoms with Crippen LogP contribution in [-0.4, -0.2) is 84.9 Å². The summed E-state index contributed by atoms with van der Waals surface area (Å²) in [5, 5.41) is 0. The van der Waals surface area contributed by atoms with Crippen LogP contribution in [-0.2, 0) is 47.7 Å². The van der Waals surface area contributed by atoms with Gasteiger partial charge in [0, 0.05) is 0 Å². The fraction of sp³-hybridized carbons (Fsp3) is 0.545. The Morgan fingerprint density at radius 3 is 0.833 bits per heavy atom. The molecule has 36 heavy (non-hydrogen) atoms. The van der Waals surface area contributed by atoms with Crippen LogP contribution in [0.3, 0.4) is 0 Å². The molecule has 0 aromatic heterocycles. The van der Waals surface area contributed by atoms with Crippen molar-refractivity contribution in [2.24, 2.45) is 0 Å². The van der Waals surface area contributed by atoms with Crippen LogP contribution in [0.25, 0.3) is 0 Å². The van der Waals surface area contributed by atoms with Gasteiger partial charge >= 0.3 is 23.9 Å². The van der Waals surface area contributed by atoms with E-state index in [1.165, 1.54) is 0 Å². The molecule has 0 heterocycles. The van der Waals surface area contributed by atoms with Gasteiger partial charge in [-0.1, -0.05) is 0 Å². The average molecular weight is 581 g/mol. The molecule has 0 fully saturated rings. The van der Waals surface area contributed by atoms with Gasteiger partial charge in [0.15, 0.2) is 0 Å². The number of Topliss-reactive ketones (excluding diaryl/α,β-unsaturated/α-hetero) is 2. The molecule has 0 atom stereocenters. The van der Waals surface area contributed by atoms with Gasteiger partial charge in [-0.3, -0.25) is 28.8 Å². The number of esters is 4. The van der Waals surface area contributed by atoms with E-state index in [4.69, 9.17) is 18.9 Å². The molecule has 0 spiro atoms. The third kappa shape index (κ3) is 10.6. The number of hydrogen-bond donors (Lipinski definition) is 0. The van der Waals surface area contributed by atoms with E-state index >= 15 is 0 Å². The van der Waals surface area contributed by atoms with Gasteiger partial charge in [-0.2, -0.15) is 0 Å². The van der Waals surface area contributed by atoms with Crippen LogP contribution >= 0.6 is 47.0 Å². The molecule has 0 bridgehead atoms. The minimum Gasteiger partial charge on any atom is -0.465 e. The SMILES string of the molecule is CCOC(=O)CSC1=C(SCC(=O)OCC)C(=O)C(SCC(=O)OCC)=C(SCC(=O)OCC)C1=O. The van der Waals surface area contributed by atoms with Gasteiger partial charge in [0.25, 0.3) is 0 Å². The summed E-state index contributed by atoms with van der Waals surface area (Å²) in [6.07, 6.45) is 0. The Kier molecular flexibility index (Phi) is 15.7. The monoisotopic (exact) mass is 580 g/mol. The van der Waals surface area contributed by atoms with E-state index in [2.05, 4.69) is 0 Å². The number of carbonyl (C=O) groups is 6. The molecular weight excluding hydrogens is 553 g/mol. The highest BCUT2D eigenvalue weighted by molar-refractivity contribution is 8.11. The van der Waals surface area contributed by atoms with Crippen LogP contribution in [0.15, 0.2) is 19.6 Å². The summed E-state index contributed by atoms with van der Waals surface area (Å²) in [6, 6.07) is 0. The summed E-state index contributed by atoms with van der Waals surface area (Å²) in [6.45, 7) is 7.12. The van der Waals surface area contributed by atoms with Crippen molar-refractivity contribution in [2.75, 3.05) is 49.4 Å². The van der Waals surface area contributed by atoms with E-state index in [-0.39, 0.29) is 69.1 Å². The number of ketones is 2. The normalized spacial score (nSPS) is 13.6. The van der Waals surface area contributed by atoms with Crippen molar-refractivity contribution in [2.45, 2.75) is 27.7 Å². The second-order valence-electron chi connectivity index (χ2n) is 6.35. The second kappa shape index (κ2) is 17.5. The molecule has 0 amide bonds. The first-order chi connectivity index (χ1) is 17.2. The number of hydrogen-bond acceptors (Lipinski definition) is 14. The van der Waals surface area contributed by atoms with Crippen LogP contribution in [0, 0.1) is 0 Å². The molecular formula is C22H28O10S4. The molecule has 0 saturated heterocycles. The molecule has 0 aromatic rings. The van der Waals surface area contributed by atoms with Crippen molar-refractivity contribution in [3.8, 4) is 0 Å². The Bertz CT molecular complexity index is 784. The van der Waals surface area contributed by atoms with Crippen LogP contribution < -0.4 is 0 Å². The first kappa shape index (κ1) is 32.1. The Balaban J connectivity index is 3.37. The van der Waals surface area contributed by atoms with Crippen LogP contribution in [0.1, 0.15) is 27.7 Å². The van der Waals surface area contributed by atoms with Crippen LogP contribution in [0.2, 0.25) is 0 Å². The van der Waals surface area contributed by atoms with Gasteiger partial charge in [-0.25, -0.2) is 0 Å². The molecule has 0 unspecified atom stereocenters. The van der Waals surface area contributed by atoms with Crippen molar-refractivity contribution in [3.05, 3.63) is 19.6 Å². The molecule has 1 rings (SSSR count). The minimum absolute atomic E-state index is 0.0470. The molecule has 0 N–H and O–H groups in total. The smallest absolute Gasteiger partial charge is 0.316 e. The molecule has 0 radical (unpaired) electrons. The van der Waals surface area contributed by atoms with Crippen molar-refractivity contribution in [1.82, 2.24) is 0 Å². The predicted octanol–water partition coefficient (Wildman–Crippen LogP) is 2.75. The first-order valence-electron chi connectivity index (χ1n) is 10.9. The van der Waals surface area contributed by atoms with E-state index < -0.39 is 35.4 Å². The standard InChI is InChI=1S/C22H28O10S4/c1-5-29-13(23)9-33-19-17(27)21(35-11-15(25)31-7-3)22(36-12-16(26)32-8-4)18(28)20(19)34-10-14(24)30-6-2/h5-12H2,1-4H3. The number of carbonyl (C=O) groups excluding carboxylic acids is 6. The Morgan fingerprint density at radius 2 is 0.667 bits per heavy atom. The van der Waals surface area contributed by atoms with Crippen molar-refractivity contribution in [1.29, 1.82) is 0 Å². The molecule has 1 aliphatic carbocycles. The molecule has 0 aliphatic heterocycles. The third-order valence-corrected chi connectivity index (χ3v) is 8.29. The third-order valence-electron chi connectivity index (χ3n) is 3.80. The molecule has 1 aliphatic rings. The van der Waals surface area contributed by atoms with Crippen LogP contribution in [0.5, 0.6) is 0 Å². The lowest BCUT2D eigenvalue weighted by Crippen LogP contribution is -2.23. The zero-order valence-corrected chi connectivity index (χ0v) is 23.6. The number of allylic oxidation sites excluding steroid dienone is 4. The maximum absolute atomic E-state index is 13.5. The minimum atomic E-state index is -0.601. The Morgan fingerprint density at radius 1 is 0.472 bits per heavy atom. The number of rotatable bonds is 16. The van der Waals surface area contributed by atoms with Gasteiger partial charge < -0.3 is 18.9 Å². The van der Waals surface area contributed by atoms with E-state index in [1.807, 2.05) is 0 Å². The van der Waals surface area contributed by atoms with Crippen molar-refractivity contribution >= 4 is 82.5 Å². The molecule has 0 saturated carbocycles. The van der Waals surface area contributed by atoms with Crippen LogP contribution in [0.4, 0.5) is 0 Å². The number of thioether (sulfide) groups is 4. The summed E-state index contributed by atoms with van der Waals surface area (Å²) in [5.41, 5.74) is 0. The van der Waals surface area contributed by atoms with E-state index in [1.54, 1.807) is 27.7 Å². The quantitative estimate of drug-likeness (QED) is 0.150. The van der Waals surface area contributed by atoms with Gasteiger partial charge in [0.1, 0.15) is 0 Å². The highest BCUT2D eigenvalue weighted by atomic mass is 32.2. The largest absolute Gasteiger partial charge is 0.465 e. The summed E-state index contributed by atoms with van der Waals surface area (Å²) >= 11 is 3.24. The molecule has 200 valence electrons. The highest BCUT2D eigenvalue weighted by Crippen LogP contribution is 2.44. The van der Waals surface area contributed by atoms with Crippen molar-refractivity contribution in [3.63, 3.8) is 0 Å². The van der Waals surface area contributed by atoms with Gasteiger partial charge in [-0.05, 0) is 27.7 Å². The second-order valence-corrected chi connectivity index (χ2v) is 10.3. The maximum Gasteiger partial charge on any atom is 0.316 e. The van der Waals surface area contributed by atoms with Gasteiger partial charge in [0.05, 0.1) is 69.1 Å². The predicted molar refractivity (Wildman–Crippen MR) is 140 cm³/mol. The lowest BCUT2D eigenvalue weighted by atomic mass is 10.1. The molecule has 14 heteroatoms. The van der Waals surface area contributed by atoms with E-state index in [9.17, 15) is 28.8 Å². The summed E-state index contributed by atoms with van der Waals surface area (Å²) in [5.74, 6) is -4.52. The van der Waals surface area contributed by atoms with E-state index in [0.29, 0.717) is 0 Å². The first-order valence-corrected chi connectivity index (χ1v) is 14.9. The highest BCUT2D eigenvalue weighted by Gasteiger charge is 2.37.